The van der Waals surface area contributed by atoms with Crippen LogP contribution in [-0.2, 0) is 16.4 Å². The largest absolute Gasteiger partial charge is 0.368 e. The number of nitrogens with zero attached hydrogens (tertiary/aromatic N) is 2. The lowest BCUT2D eigenvalue weighted by Gasteiger charge is -2.36. The van der Waals surface area contributed by atoms with Gasteiger partial charge in [-0.05, 0) is 79.4 Å². The summed E-state index contributed by atoms with van der Waals surface area (Å²) in [6.45, 7) is 6.35. The molecule has 1 aliphatic carbocycles. The maximum atomic E-state index is 14.0. The molecular formula is C29H33BrN4O3S. The van der Waals surface area contributed by atoms with Crippen LogP contribution in [-0.4, -0.2) is 51.9 Å². The fraction of sp³-hybridized carbons (Fsp3) is 0.345. The van der Waals surface area contributed by atoms with Gasteiger partial charge >= 0.3 is 0 Å². The van der Waals surface area contributed by atoms with Crippen LogP contribution in [0, 0.1) is 0 Å². The lowest BCUT2D eigenvalue weighted by atomic mass is 9.88. The Morgan fingerprint density at radius 3 is 2.47 bits per heavy atom. The number of amides is 1. The summed E-state index contributed by atoms with van der Waals surface area (Å²) in [5.74, 6) is -0.292. The zero-order valence-electron chi connectivity index (χ0n) is 21.5. The van der Waals surface area contributed by atoms with Crippen molar-refractivity contribution in [3.05, 3.63) is 87.9 Å². The molecule has 3 aromatic carbocycles. The van der Waals surface area contributed by atoms with Crippen molar-refractivity contribution in [2.75, 3.05) is 42.9 Å². The van der Waals surface area contributed by atoms with Gasteiger partial charge in [0.15, 0.2) is 0 Å². The molecule has 2 N–H and O–H groups in total. The monoisotopic (exact) mass is 596 g/mol. The van der Waals surface area contributed by atoms with Gasteiger partial charge in [-0.3, -0.25) is 4.79 Å². The SMILES string of the molecule is CCN1CCN(c2ccc(NC(=O)c3ccc(Br)cc3)cc2S(=O)(=O)N[C@@H]2CCCc3ccccc32)CC1. The molecule has 1 atom stereocenters. The normalized spacial score (nSPS) is 18.2. The smallest absolute Gasteiger partial charge is 0.255 e. The van der Waals surface area contributed by atoms with Gasteiger partial charge in [-0.1, -0.05) is 47.1 Å². The highest BCUT2D eigenvalue weighted by Crippen LogP contribution is 2.34. The second kappa shape index (κ2) is 11.6. The highest BCUT2D eigenvalue weighted by Gasteiger charge is 2.30. The Morgan fingerprint density at radius 2 is 1.74 bits per heavy atom. The summed E-state index contributed by atoms with van der Waals surface area (Å²) in [7, 11) is -3.89. The van der Waals surface area contributed by atoms with Crippen LogP contribution in [0.1, 0.15) is 47.3 Å². The fourth-order valence-electron chi connectivity index (χ4n) is 5.31. The van der Waals surface area contributed by atoms with Gasteiger partial charge in [0.25, 0.3) is 5.91 Å². The summed E-state index contributed by atoms with van der Waals surface area (Å²) in [6, 6.07) is 20.0. The van der Waals surface area contributed by atoms with E-state index in [0.29, 0.717) is 16.9 Å². The van der Waals surface area contributed by atoms with Crippen LogP contribution in [0.4, 0.5) is 11.4 Å². The van der Waals surface area contributed by atoms with E-state index in [1.807, 2.05) is 24.3 Å². The van der Waals surface area contributed by atoms with Crippen LogP contribution in [0.15, 0.2) is 76.1 Å². The van der Waals surface area contributed by atoms with Crippen LogP contribution in [0.3, 0.4) is 0 Å². The van der Waals surface area contributed by atoms with Crippen molar-refractivity contribution in [3.63, 3.8) is 0 Å². The Balaban J connectivity index is 1.47. The molecule has 0 spiro atoms. The van der Waals surface area contributed by atoms with Crippen LogP contribution in [0.5, 0.6) is 0 Å². The lowest BCUT2D eigenvalue weighted by Crippen LogP contribution is -2.46. The molecule has 1 saturated heterocycles. The number of fused-ring (bicyclic) bond motifs is 1. The van der Waals surface area contributed by atoms with E-state index >= 15 is 0 Å². The van der Waals surface area contributed by atoms with Gasteiger partial charge in [0.1, 0.15) is 4.90 Å². The van der Waals surface area contributed by atoms with Crippen molar-refractivity contribution in [2.45, 2.75) is 37.1 Å². The molecule has 1 fully saturated rings. The third-order valence-corrected chi connectivity index (χ3v) is 9.47. The first-order chi connectivity index (χ1) is 18.3. The number of piperazine rings is 1. The maximum Gasteiger partial charge on any atom is 0.255 e. The Bertz CT molecular complexity index is 1400. The fourth-order valence-corrected chi connectivity index (χ4v) is 7.07. The third kappa shape index (κ3) is 5.96. The van der Waals surface area contributed by atoms with E-state index in [1.54, 1.807) is 36.4 Å². The summed E-state index contributed by atoms with van der Waals surface area (Å²) < 4.78 is 31.8. The molecule has 38 heavy (non-hydrogen) atoms. The molecule has 0 aromatic heterocycles. The van der Waals surface area contributed by atoms with Crippen molar-refractivity contribution in [3.8, 4) is 0 Å². The zero-order chi connectivity index (χ0) is 26.7. The van der Waals surface area contributed by atoms with E-state index in [-0.39, 0.29) is 16.8 Å². The number of carbonyl (C=O) groups is 1. The molecule has 1 aliphatic heterocycles. The average Bonchev–Trinajstić information content (AvgIpc) is 2.93. The predicted octanol–water partition coefficient (Wildman–Crippen LogP) is 5.20. The molecule has 9 heteroatoms. The minimum Gasteiger partial charge on any atom is -0.368 e. The standard InChI is InChI=1S/C29H33BrN4O3S/c1-2-33-16-18-34(19-17-33)27-15-14-24(31-29(35)22-10-12-23(30)13-11-22)20-28(27)38(36,37)32-26-9-5-7-21-6-3-4-8-25(21)26/h3-4,6,8,10-15,20,26,32H,2,5,7,9,16-19H2,1H3,(H,31,35)/t26-/m1/s1. The maximum absolute atomic E-state index is 14.0. The Hall–Kier alpha value is -2.72. The van der Waals surface area contributed by atoms with Gasteiger partial charge in [0.05, 0.1) is 5.69 Å². The number of aryl methyl sites for hydroxylation is 1. The molecule has 5 rings (SSSR count). The molecule has 2 aliphatic rings. The van der Waals surface area contributed by atoms with Crippen LogP contribution >= 0.6 is 15.9 Å². The Morgan fingerprint density at radius 1 is 1.00 bits per heavy atom. The summed E-state index contributed by atoms with van der Waals surface area (Å²) in [5.41, 5.74) is 3.84. The zero-order valence-corrected chi connectivity index (χ0v) is 23.9. The Kier molecular flexibility index (Phi) is 8.18. The van der Waals surface area contributed by atoms with Crippen molar-refractivity contribution in [1.82, 2.24) is 9.62 Å². The van der Waals surface area contributed by atoms with Gasteiger partial charge < -0.3 is 15.1 Å². The molecule has 0 unspecified atom stereocenters. The van der Waals surface area contributed by atoms with Gasteiger partial charge in [0.2, 0.25) is 10.0 Å². The minimum absolute atomic E-state index is 0.194. The quantitative estimate of drug-likeness (QED) is 0.392. The molecule has 0 bridgehead atoms. The first kappa shape index (κ1) is 26.9. The summed E-state index contributed by atoms with van der Waals surface area (Å²) in [6.07, 6.45) is 2.64. The molecule has 3 aromatic rings. The minimum atomic E-state index is -3.89. The van der Waals surface area contributed by atoms with E-state index in [4.69, 9.17) is 0 Å². The molecule has 200 valence electrons. The summed E-state index contributed by atoms with van der Waals surface area (Å²) in [5, 5.41) is 2.88. The highest BCUT2D eigenvalue weighted by molar-refractivity contribution is 9.10. The molecular weight excluding hydrogens is 564 g/mol. The van der Waals surface area contributed by atoms with E-state index in [1.165, 1.54) is 5.56 Å². The van der Waals surface area contributed by atoms with E-state index < -0.39 is 10.0 Å². The third-order valence-electron chi connectivity index (χ3n) is 7.44. The molecule has 1 amide bonds. The van der Waals surface area contributed by atoms with Gasteiger partial charge in [-0.25, -0.2) is 13.1 Å². The predicted molar refractivity (Wildman–Crippen MR) is 155 cm³/mol. The average molecular weight is 598 g/mol. The molecule has 0 saturated carbocycles. The first-order valence-corrected chi connectivity index (χ1v) is 15.4. The van der Waals surface area contributed by atoms with Crippen LogP contribution in [0.2, 0.25) is 0 Å². The van der Waals surface area contributed by atoms with Crippen molar-refractivity contribution >= 4 is 43.2 Å². The number of hydrogen-bond donors (Lipinski definition) is 2. The van der Waals surface area contributed by atoms with Crippen molar-refractivity contribution < 1.29 is 13.2 Å². The van der Waals surface area contributed by atoms with Crippen molar-refractivity contribution in [2.24, 2.45) is 0 Å². The number of benzene rings is 3. The van der Waals surface area contributed by atoms with E-state index in [2.05, 4.69) is 48.8 Å². The van der Waals surface area contributed by atoms with Gasteiger partial charge in [-0.15, -0.1) is 0 Å². The number of rotatable bonds is 7. The molecule has 7 nitrogen and oxygen atoms in total. The number of anilines is 2. The second-order valence-electron chi connectivity index (χ2n) is 9.83. The van der Waals surface area contributed by atoms with Crippen LogP contribution in [0.25, 0.3) is 0 Å². The van der Waals surface area contributed by atoms with Gasteiger partial charge in [-0.2, -0.15) is 0 Å². The van der Waals surface area contributed by atoms with E-state index in [9.17, 15) is 13.2 Å². The molecule has 0 radical (unpaired) electrons. The number of carbonyl (C=O) groups excluding carboxylic acids is 1. The summed E-state index contributed by atoms with van der Waals surface area (Å²) >= 11 is 3.38. The number of sulfonamides is 1. The first-order valence-electron chi connectivity index (χ1n) is 13.1. The number of halogens is 1. The van der Waals surface area contributed by atoms with E-state index in [0.717, 1.165) is 62.0 Å². The second-order valence-corrected chi connectivity index (χ2v) is 12.4. The summed E-state index contributed by atoms with van der Waals surface area (Å²) in [4.78, 5) is 17.6. The number of hydrogen-bond acceptors (Lipinski definition) is 5. The van der Waals surface area contributed by atoms with Crippen molar-refractivity contribution in [1.29, 1.82) is 0 Å². The highest BCUT2D eigenvalue weighted by atomic mass is 79.9. The van der Waals surface area contributed by atoms with Crippen LogP contribution < -0.4 is 14.9 Å². The molecule has 1 heterocycles. The number of likely N-dealkylation sites (N-methyl/N-ethyl adjacent to an activating group) is 1. The topological polar surface area (TPSA) is 81.8 Å². The lowest BCUT2D eigenvalue weighted by molar-refractivity contribution is 0.102. The van der Waals surface area contributed by atoms with Gasteiger partial charge in [0, 0.05) is 47.9 Å². The number of nitrogens with one attached hydrogen (secondary N) is 2. The Labute approximate surface area is 233 Å².